The van der Waals surface area contributed by atoms with E-state index in [1.807, 2.05) is 30.3 Å². The molecule has 1 aliphatic rings. The van der Waals surface area contributed by atoms with E-state index in [0.717, 1.165) is 30.4 Å². The molecule has 0 radical (unpaired) electrons. The van der Waals surface area contributed by atoms with Gasteiger partial charge in [-0.1, -0.05) is 48.0 Å². The molecule has 148 valence electrons. The molecular formula is C22H19ClN2O3S. The molecule has 1 N–H and O–H groups in total. The van der Waals surface area contributed by atoms with Crippen LogP contribution in [0.15, 0.2) is 53.9 Å². The first kappa shape index (κ1) is 19.6. The van der Waals surface area contributed by atoms with Crippen LogP contribution in [0.2, 0.25) is 5.02 Å². The van der Waals surface area contributed by atoms with E-state index in [1.165, 1.54) is 16.9 Å². The lowest BCUT2D eigenvalue weighted by Gasteiger charge is -2.26. The molecule has 0 saturated carbocycles. The van der Waals surface area contributed by atoms with Gasteiger partial charge in [-0.3, -0.25) is 4.79 Å². The van der Waals surface area contributed by atoms with E-state index in [-0.39, 0.29) is 24.2 Å². The number of aromatic nitrogens is 1. The lowest BCUT2D eigenvalue weighted by molar-refractivity contribution is -0.125. The maximum Gasteiger partial charge on any atom is 0.358 e. The van der Waals surface area contributed by atoms with Crippen molar-refractivity contribution in [2.45, 2.75) is 25.3 Å². The minimum absolute atomic E-state index is 0.0399. The van der Waals surface area contributed by atoms with E-state index in [9.17, 15) is 9.59 Å². The van der Waals surface area contributed by atoms with Crippen molar-refractivity contribution < 1.29 is 14.3 Å². The number of thiazole rings is 1. The fourth-order valence-electron chi connectivity index (χ4n) is 3.44. The fourth-order valence-corrected chi connectivity index (χ4v) is 4.36. The molecule has 1 aliphatic carbocycles. The molecule has 4 rings (SSSR count). The summed E-state index contributed by atoms with van der Waals surface area (Å²) in [6.07, 6.45) is 2.93. The Bertz CT molecular complexity index is 1030. The number of esters is 1. The van der Waals surface area contributed by atoms with Gasteiger partial charge in [-0.05, 0) is 42.5 Å². The Balaban J connectivity index is 1.33. The van der Waals surface area contributed by atoms with Gasteiger partial charge in [0.15, 0.2) is 12.3 Å². The molecule has 1 amide bonds. The highest BCUT2D eigenvalue weighted by Crippen LogP contribution is 2.29. The third-order valence-corrected chi connectivity index (χ3v) is 5.99. The van der Waals surface area contributed by atoms with Gasteiger partial charge in [0.2, 0.25) is 0 Å². The molecule has 1 aromatic heterocycles. The summed E-state index contributed by atoms with van der Waals surface area (Å²) in [7, 11) is 0. The third kappa shape index (κ3) is 4.66. The van der Waals surface area contributed by atoms with Crippen LogP contribution in [0, 0.1) is 0 Å². The van der Waals surface area contributed by atoms with Crippen molar-refractivity contribution in [1.29, 1.82) is 0 Å². The molecule has 0 saturated heterocycles. The maximum absolute atomic E-state index is 12.3. The Hall–Kier alpha value is -2.70. The second-order valence-corrected chi connectivity index (χ2v) is 8.13. The third-order valence-electron chi connectivity index (χ3n) is 4.84. The van der Waals surface area contributed by atoms with Crippen LogP contribution in [-0.4, -0.2) is 23.5 Å². The number of hydrogen-bond acceptors (Lipinski definition) is 5. The minimum Gasteiger partial charge on any atom is -0.451 e. The Morgan fingerprint density at radius 1 is 1.17 bits per heavy atom. The van der Waals surface area contributed by atoms with E-state index in [2.05, 4.69) is 16.4 Å². The Morgan fingerprint density at radius 3 is 2.79 bits per heavy atom. The quantitative estimate of drug-likeness (QED) is 0.594. The molecule has 3 aromatic rings. The van der Waals surface area contributed by atoms with Crippen LogP contribution >= 0.6 is 22.9 Å². The summed E-state index contributed by atoms with van der Waals surface area (Å²) in [5, 5.41) is 5.93. The number of aryl methyl sites for hydroxylation is 1. The first-order chi connectivity index (χ1) is 14.1. The Morgan fingerprint density at radius 2 is 1.97 bits per heavy atom. The lowest BCUT2D eigenvalue weighted by atomic mass is 9.88. The fraction of sp³-hybridized carbons (Fsp3) is 0.227. The first-order valence-corrected chi connectivity index (χ1v) is 10.6. The van der Waals surface area contributed by atoms with Gasteiger partial charge in [0.1, 0.15) is 5.01 Å². The largest absolute Gasteiger partial charge is 0.451 e. The van der Waals surface area contributed by atoms with Crippen LogP contribution in [0.3, 0.4) is 0 Å². The number of nitrogens with zero attached hydrogens (tertiary/aromatic N) is 1. The van der Waals surface area contributed by atoms with Crippen molar-refractivity contribution in [3.63, 3.8) is 0 Å². The summed E-state index contributed by atoms with van der Waals surface area (Å²) >= 11 is 7.23. The van der Waals surface area contributed by atoms with E-state index in [4.69, 9.17) is 16.3 Å². The number of hydrogen-bond donors (Lipinski definition) is 1. The molecule has 2 aromatic carbocycles. The van der Waals surface area contributed by atoms with Crippen molar-refractivity contribution in [2.24, 2.45) is 0 Å². The SMILES string of the molecule is O=C(COC(=O)c1csc(-c2ccc(Cl)cc2)n1)NC1CCCc2ccccc21. The highest BCUT2D eigenvalue weighted by atomic mass is 35.5. The molecule has 0 aliphatic heterocycles. The van der Waals surface area contributed by atoms with E-state index >= 15 is 0 Å². The monoisotopic (exact) mass is 426 g/mol. The predicted molar refractivity (Wildman–Crippen MR) is 113 cm³/mol. The molecule has 5 nitrogen and oxygen atoms in total. The van der Waals surface area contributed by atoms with E-state index in [0.29, 0.717) is 10.0 Å². The number of benzene rings is 2. The van der Waals surface area contributed by atoms with Crippen LogP contribution in [0.25, 0.3) is 10.6 Å². The van der Waals surface area contributed by atoms with Gasteiger partial charge in [0, 0.05) is 16.0 Å². The first-order valence-electron chi connectivity index (χ1n) is 9.36. The second-order valence-electron chi connectivity index (χ2n) is 6.83. The second kappa shape index (κ2) is 8.76. The summed E-state index contributed by atoms with van der Waals surface area (Å²) in [6.45, 7) is -0.328. The summed E-state index contributed by atoms with van der Waals surface area (Å²) in [5.74, 6) is -0.922. The summed E-state index contributed by atoms with van der Waals surface area (Å²) in [5.41, 5.74) is 3.46. The summed E-state index contributed by atoms with van der Waals surface area (Å²) in [4.78, 5) is 28.9. The van der Waals surface area contributed by atoms with Crippen molar-refractivity contribution in [1.82, 2.24) is 10.3 Å². The number of carbonyl (C=O) groups is 2. The molecule has 0 spiro atoms. The van der Waals surface area contributed by atoms with Gasteiger partial charge in [0.05, 0.1) is 6.04 Å². The Kier molecular flexibility index (Phi) is 5.92. The predicted octanol–water partition coefficient (Wildman–Crippen LogP) is 4.81. The normalized spacial score (nSPS) is 15.4. The number of halogens is 1. The van der Waals surface area contributed by atoms with Gasteiger partial charge >= 0.3 is 5.97 Å². The number of rotatable bonds is 5. The zero-order chi connectivity index (χ0) is 20.2. The number of fused-ring (bicyclic) bond motifs is 1. The smallest absolute Gasteiger partial charge is 0.358 e. The van der Waals surface area contributed by atoms with Crippen LogP contribution in [0.5, 0.6) is 0 Å². The molecule has 1 heterocycles. The highest BCUT2D eigenvalue weighted by Gasteiger charge is 2.22. The number of amides is 1. The molecule has 29 heavy (non-hydrogen) atoms. The highest BCUT2D eigenvalue weighted by molar-refractivity contribution is 7.13. The molecule has 1 unspecified atom stereocenters. The molecule has 1 atom stereocenters. The molecule has 7 heteroatoms. The van der Waals surface area contributed by atoms with Crippen molar-refractivity contribution in [3.8, 4) is 10.6 Å². The van der Waals surface area contributed by atoms with Crippen LogP contribution in [0.4, 0.5) is 0 Å². The maximum atomic E-state index is 12.3. The lowest BCUT2D eigenvalue weighted by Crippen LogP contribution is -2.34. The standard InChI is InChI=1S/C22H19ClN2O3S/c23-16-10-8-15(9-11-16)21-25-19(13-29-21)22(27)28-12-20(26)24-18-7-3-5-14-4-1-2-6-17(14)18/h1-2,4,6,8-11,13,18H,3,5,7,12H2,(H,24,26). The van der Waals surface area contributed by atoms with Crippen LogP contribution < -0.4 is 5.32 Å². The van der Waals surface area contributed by atoms with Gasteiger partial charge in [-0.25, -0.2) is 9.78 Å². The Labute approximate surface area is 177 Å². The number of ether oxygens (including phenoxy) is 1. The van der Waals surface area contributed by atoms with Crippen molar-refractivity contribution >= 4 is 34.8 Å². The minimum atomic E-state index is -0.611. The molecular weight excluding hydrogens is 408 g/mol. The summed E-state index contributed by atoms with van der Waals surface area (Å²) < 4.78 is 5.16. The number of nitrogens with one attached hydrogen (secondary N) is 1. The van der Waals surface area contributed by atoms with Gasteiger partial charge < -0.3 is 10.1 Å². The van der Waals surface area contributed by atoms with Gasteiger partial charge in [-0.15, -0.1) is 11.3 Å². The van der Waals surface area contributed by atoms with Crippen LogP contribution in [0.1, 0.15) is 40.5 Å². The number of carbonyl (C=O) groups excluding carboxylic acids is 2. The van der Waals surface area contributed by atoms with Crippen molar-refractivity contribution in [2.75, 3.05) is 6.61 Å². The summed E-state index contributed by atoms with van der Waals surface area (Å²) in [6, 6.07) is 15.3. The van der Waals surface area contributed by atoms with E-state index < -0.39 is 5.97 Å². The van der Waals surface area contributed by atoms with Gasteiger partial charge in [-0.2, -0.15) is 0 Å². The zero-order valence-corrected chi connectivity index (χ0v) is 17.1. The zero-order valence-electron chi connectivity index (χ0n) is 15.6. The van der Waals surface area contributed by atoms with Crippen LogP contribution in [-0.2, 0) is 16.0 Å². The topological polar surface area (TPSA) is 68.3 Å². The van der Waals surface area contributed by atoms with E-state index in [1.54, 1.807) is 17.5 Å². The molecule has 0 fully saturated rings. The molecule has 0 bridgehead atoms. The average molecular weight is 427 g/mol. The van der Waals surface area contributed by atoms with Gasteiger partial charge in [0.25, 0.3) is 5.91 Å². The average Bonchev–Trinajstić information content (AvgIpc) is 3.23. The van der Waals surface area contributed by atoms with Crippen molar-refractivity contribution in [3.05, 3.63) is 75.8 Å².